The first-order valence-electron chi connectivity index (χ1n) is 17.9. The van der Waals surface area contributed by atoms with Crippen LogP contribution in [0.4, 0.5) is 0 Å². The average Bonchev–Trinajstić information content (AvgIpc) is 3.68. The van der Waals surface area contributed by atoms with Crippen LogP contribution in [0.1, 0.15) is 22.3 Å². The first-order valence-corrected chi connectivity index (χ1v) is 20.5. The molecule has 0 radical (unpaired) electrons. The van der Waals surface area contributed by atoms with Crippen molar-refractivity contribution in [1.29, 1.82) is 0 Å². The van der Waals surface area contributed by atoms with Gasteiger partial charge in [0.1, 0.15) is 7.14 Å². The maximum atomic E-state index is 13.6. The molecule has 0 saturated heterocycles. The van der Waals surface area contributed by atoms with Gasteiger partial charge in [0, 0.05) is 22.0 Å². The van der Waals surface area contributed by atoms with E-state index in [-0.39, 0.29) is 0 Å². The molecule has 53 heavy (non-hydrogen) atoms. The number of hydrogen-bond acceptors (Lipinski definition) is 4. The SMILES string of the molecule is CP(C)(=O)c1ccc2c(c1)C1(c3ccccc3-c3ccc(-c4nc(-c5ccccc5)nc(-c5ccc(-c6ccccc6)cc5)n4)cc31)c1ccccc1-2. The summed E-state index contributed by atoms with van der Waals surface area (Å²) in [6, 6.07) is 59.5. The van der Waals surface area contributed by atoms with E-state index < -0.39 is 12.6 Å². The van der Waals surface area contributed by atoms with Crippen molar-refractivity contribution < 1.29 is 4.57 Å². The maximum absolute atomic E-state index is 13.6. The molecule has 0 fully saturated rings. The molecular formula is C48H34N3OP. The fourth-order valence-electron chi connectivity index (χ4n) is 8.39. The first kappa shape index (κ1) is 31.5. The summed E-state index contributed by atoms with van der Waals surface area (Å²) in [5, 5.41) is 0.887. The highest BCUT2D eigenvalue weighted by Crippen LogP contribution is 2.63. The number of nitrogens with zero attached hydrogens (tertiary/aromatic N) is 3. The Morgan fingerprint density at radius 3 is 1.36 bits per heavy atom. The lowest BCUT2D eigenvalue weighted by molar-refractivity contribution is 0.588. The van der Waals surface area contributed by atoms with Gasteiger partial charge in [-0.2, -0.15) is 0 Å². The zero-order valence-corrected chi connectivity index (χ0v) is 30.3. The number of hydrogen-bond donors (Lipinski definition) is 0. The van der Waals surface area contributed by atoms with Gasteiger partial charge in [0.25, 0.3) is 0 Å². The first-order chi connectivity index (χ1) is 25.9. The molecule has 4 nitrogen and oxygen atoms in total. The third kappa shape index (κ3) is 4.90. The van der Waals surface area contributed by atoms with Crippen LogP contribution >= 0.6 is 7.14 Å². The highest BCUT2D eigenvalue weighted by atomic mass is 31.2. The summed E-state index contributed by atoms with van der Waals surface area (Å²) in [7, 11) is -2.55. The zero-order chi connectivity index (χ0) is 35.7. The minimum absolute atomic E-state index is 0.593. The second kappa shape index (κ2) is 11.9. The van der Waals surface area contributed by atoms with Crippen molar-refractivity contribution >= 4 is 12.4 Å². The lowest BCUT2D eigenvalue weighted by atomic mass is 9.70. The van der Waals surface area contributed by atoms with Gasteiger partial charge in [0.15, 0.2) is 17.5 Å². The monoisotopic (exact) mass is 699 g/mol. The van der Waals surface area contributed by atoms with Gasteiger partial charge < -0.3 is 4.57 Å². The molecule has 2 aliphatic rings. The van der Waals surface area contributed by atoms with E-state index in [0.717, 1.165) is 33.1 Å². The molecule has 2 aliphatic carbocycles. The quantitative estimate of drug-likeness (QED) is 0.168. The molecule has 8 aromatic rings. The largest absolute Gasteiger partial charge is 0.319 e. The normalized spacial score (nSPS) is 15.1. The Morgan fingerprint density at radius 1 is 0.377 bits per heavy atom. The van der Waals surface area contributed by atoms with E-state index in [1.54, 1.807) is 0 Å². The Labute approximate surface area is 309 Å². The molecule has 0 bridgehead atoms. The van der Waals surface area contributed by atoms with Gasteiger partial charge in [0.05, 0.1) is 5.41 Å². The highest BCUT2D eigenvalue weighted by Gasteiger charge is 2.52. The lowest BCUT2D eigenvalue weighted by Gasteiger charge is -2.31. The molecule has 0 saturated carbocycles. The van der Waals surface area contributed by atoms with Crippen molar-refractivity contribution in [3.8, 4) is 67.5 Å². The van der Waals surface area contributed by atoms with Gasteiger partial charge in [0.2, 0.25) is 0 Å². The molecule has 1 aromatic heterocycles. The van der Waals surface area contributed by atoms with E-state index in [1.807, 2.05) is 49.7 Å². The van der Waals surface area contributed by atoms with Crippen LogP contribution in [0.5, 0.6) is 0 Å². The van der Waals surface area contributed by atoms with Crippen LogP contribution in [0.3, 0.4) is 0 Å². The summed E-state index contributed by atoms with van der Waals surface area (Å²) in [6.45, 7) is 3.71. The number of aromatic nitrogens is 3. The van der Waals surface area contributed by atoms with E-state index in [2.05, 4.69) is 133 Å². The zero-order valence-electron chi connectivity index (χ0n) is 29.4. The number of fused-ring (bicyclic) bond motifs is 10. The van der Waals surface area contributed by atoms with E-state index in [1.165, 1.54) is 44.5 Å². The summed E-state index contributed by atoms with van der Waals surface area (Å²) < 4.78 is 13.6. The molecule has 252 valence electrons. The maximum Gasteiger partial charge on any atom is 0.164 e. The van der Waals surface area contributed by atoms with E-state index >= 15 is 0 Å². The second-order valence-electron chi connectivity index (χ2n) is 14.3. The molecule has 7 aromatic carbocycles. The molecule has 0 amide bonds. The number of benzene rings is 7. The predicted octanol–water partition coefficient (Wildman–Crippen LogP) is 11.1. The van der Waals surface area contributed by atoms with Gasteiger partial charge in [-0.05, 0) is 81.1 Å². The van der Waals surface area contributed by atoms with Crippen LogP contribution in [0.15, 0.2) is 170 Å². The Hall–Kier alpha value is -6.22. The third-order valence-electron chi connectivity index (χ3n) is 10.9. The van der Waals surface area contributed by atoms with Crippen LogP contribution in [-0.2, 0) is 9.98 Å². The van der Waals surface area contributed by atoms with Crippen LogP contribution in [0.25, 0.3) is 67.5 Å². The minimum atomic E-state index is -2.55. The summed E-state index contributed by atoms with van der Waals surface area (Å²) in [6.07, 6.45) is 0. The molecule has 1 heterocycles. The fraction of sp³-hybridized carbons (Fsp3) is 0.0625. The van der Waals surface area contributed by atoms with E-state index in [4.69, 9.17) is 15.0 Å². The lowest BCUT2D eigenvalue weighted by Crippen LogP contribution is -2.27. The Balaban J connectivity index is 1.20. The molecule has 1 atom stereocenters. The van der Waals surface area contributed by atoms with Crippen LogP contribution in [-0.4, -0.2) is 28.3 Å². The topological polar surface area (TPSA) is 55.7 Å². The highest BCUT2D eigenvalue weighted by molar-refractivity contribution is 7.70. The summed E-state index contributed by atoms with van der Waals surface area (Å²) in [4.78, 5) is 15.3. The van der Waals surface area contributed by atoms with E-state index in [9.17, 15) is 4.57 Å². The van der Waals surface area contributed by atoms with Gasteiger partial charge in [-0.1, -0.05) is 158 Å². The second-order valence-corrected chi connectivity index (χ2v) is 17.5. The molecule has 1 unspecified atom stereocenters. The van der Waals surface area contributed by atoms with Crippen LogP contribution < -0.4 is 5.30 Å². The summed E-state index contributed by atoms with van der Waals surface area (Å²) in [5.74, 6) is 1.86. The van der Waals surface area contributed by atoms with Crippen molar-refractivity contribution in [2.24, 2.45) is 0 Å². The minimum Gasteiger partial charge on any atom is -0.319 e. The summed E-state index contributed by atoms with van der Waals surface area (Å²) >= 11 is 0. The van der Waals surface area contributed by atoms with Crippen molar-refractivity contribution in [2.45, 2.75) is 5.41 Å². The van der Waals surface area contributed by atoms with Crippen molar-refractivity contribution in [1.82, 2.24) is 15.0 Å². The van der Waals surface area contributed by atoms with Crippen LogP contribution in [0, 0.1) is 0 Å². The average molecular weight is 700 g/mol. The van der Waals surface area contributed by atoms with Gasteiger partial charge in [-0.15, -0.1) is 0 Å². The molecule has 10 rings (SSSR count). The predicted molar refractivity (Wildman–Crippen MR) is 217 cm³/mol. The molecule has 5 heteroatoms. The third-order valence-corrected chi connectivity index (χ3v) is 12.4. The molecule has 0 aliphatic heterocycles. The van der Waals surface area contributed by atoms with E-state index in [0.29, 0.717) is 17.5 Å². The Kier molecular flexibility index (Phi) is 7.08. The Morgan fingerprint density at radius 2 is 0.774 bits per heavy atom. The van der Waals surface area contributed by atoms with Gasteiger partial charge in [-0.25, -0.2) is 15.0 Å². The smallest absolute Gasteiger partial charge is 0.164 e. The van der Waals surface area contributed by atoms with Crippen molar-refractivity contribution in [2.75, 3.05) is 13.3 Å². The Bertz CT molecular complexity index is 2760. The van der Waals surface area contributed by atoms with Crippen molar-refractivity contribution in [3.63, 3.8) is 0 Å². The molecule has 0 N–H and O–H groups in total. The molecular weight excluding hydrogens is 666 g/mol. The van der Waals surface area contributed by atoms with Gasteiger partial charge in [-0.3, -0.25) is 0 Å². The van der Waals surface area contributed by atoms with Gasteiger partial charge >= 0.3 is 0 Å². The molecule has 1 spiro atoms. The van der Waals surface area contributed by atoms with Crippen LogP contribution in [0.2, 0.25) is 0 Å². The standard InChI is InChI=1S/C48H34N3OP/c1-53(2,52)36-26-28-40-38-18-10-12-20-42(38)48(44(40)30-36)41-19-11-9-17-37(41)39-27-25-35(29-43(39)48)47-50-45(33-15-7-4-8-16-33)49-46(51-47)34-23-21-32(22-24-34)31-13-5-3-6-14-31/h3-30H,1-2H3. The van der Waals surface area contributed by atoms with Crippen molar-refractivity contribution in [3.05, 3.63) is 192 Å². The number of rotatable bonds is 5. The summed E-state index contributed by atoms with van der Waals surface area (Å²) in [5.41, 5.74) is 14.1. The fourth-order valence-corrected chi connectivity index (χ4v) is 9.27.